The lowest BCUT2D eigenvalue weighted by molar-refractivity contribution is -0.0328. The minimum atomic E-state index is -4.23. The highest BCUT2D eigenvalue weighted by molar-refractivity contribution is 8.00. The molecule has 0 N–H and O–H groups in total. The SMILES string of the molecule is Cc1cc(C)c(SC(F)(F)F)cn1. The van der Waals surface area contributed by atoms with Gasteiger partial charge in [-0.05, 0) is 37.2 Å². The van der Waals surface area contributed by atoms with E-state index in [2.05, 4.69) is 4.98 Å². The second-order valence-electron chi connectivity index (χ2n) is 2.64. The summed E-state index contributed by atoms with van der Waals surface area (Å²) in [5, 5.41) is 0. The van der Waals surface area contributed by atoms with Crippen molar-refractivity contribution >= 4 is 11.8 Å². The highest BCUT2D eigenvalue weighted by atomic mass is 32.2. The molecule has 13 heavy (non-hydrogen) atoms. The second-order valence-corrected chi connectivity index (χ2v) is 3.75. The van der Waals surface area contributed by atoms with Crippen LogP contribution in [-0.2, 0) is 0 Å². The third-order valence-electron chi connectivity index (χ3n) is 1.43. The molecule has 1 nitrogen and oxygen atoms in total. The predicted octanol–water partition coefficient (Wildman–Crippen LogP) is 3.31. The average molecular weight is 207 g/mol. The molecule has 1 rings (SSSR count). The third-order valence-corrected chi connectivity index (χ3v) is 2.30. The zero-order valence-corrected chi connectivity index (χ0v) is 7.96. The number of hydrogen-bond acceptors (Lipinski definition) is 2. The Morgan fingerprint density at radius 2 is 1.92 bits per heavy atom. The second kappa shape index (κ2) is 3.57. The van der Waals surface area contributed by atoms with E-state index in [0.717, 1.165) is 5.69 Å². The first-order valence-electron chi connectivity index (χ1n) is 3.57. The lowest BCUT2D eigenvalue weighted by atomic mass is 10.2. The van der Waals surface area contributed by atoms with Gasteiger partial charge in [-0.2, -0.15) is 13.2 Å². The van der Waals surface area contributed by atoms with E-state index in [1.54, 1.807) is 19.9 Å². The maximum absolute atomic E-state index is 12.0. The highest BCUT2D eigenvalue weighted by Crippen LogP contribution is 2.37. The van der Waals surface area contributed by atoms with Gasteiger partial charge in [-0.25, -0.2) is 0 Å². The fourth-order valence-electron chi connectivity index (χ4n) is 0.916. The predicted molar refractivity (Wildman–Crippen MR) is 45.6 cm³/mol. The molecule has 0 amide bonds. The lowest BCUT2D eigenvalue weighted by Gasteiger charge is -2.07. The molecule has 0 fully saturated rings. The Morgan fingerprint density at radius 3 is 2.38 bits per heavy atom. The van der Waals surface area contributed by atoms with Crippen LogP contribution < -0.4 is 0 Å². The van der Waals surface area contributed by atoms with Crippen LogP contribution in [0.3, 0.4) is 0 Å². The molecule has 0 aliphatic rings. The molecule has 0 aromatic carbocycles. The van der Waals surface area contributed by atoms with E-state index in [1.807, 2.05) is 0 Å². The molecular formula is C8H8F3NS. The van der Waals surface area contributed by atoms with Gasteiger partial charge < -0.3 is 0 Å². The van der Waals surface area contributed by atoms with Crippen LogP contribution in [0.15, 0.2) is 17.2 Å². The van der Waals surface area contributed by atoms with Gasteiger partial charge in [0.15, 0.2) is 0 Å². The van der Waals surface area contributed by atoms with Crippen molar-refractivity contribution in [3.8, 4) is 0 Å². The van der Waals surface area contributed by atoms with E-state index in [4.69, 9.17) is 0 Å². The maximum atomic E-state index is 12.0. The molecule has 0 saturated heterocycles. The molecule has 0 atom stereocenters. The van der Waals surface area contributed by atoms with Crippen LogP contribution in [0.25, 0.3) is 0 Å². The lowest BCUT2D eigenvalue weighted by Crippen LogP contribution is -2.00. The number of thioether (sulfide) groups is 1. The molecule has 0 spiro atoms. The summed E-state index contributed by atoms with van der Waals surface area (Å²) in [4.78, 5) is 3.97. The van der Waals surface area contributed by atoms with Crippen LogP contribution >= 0.6 is 11.8 Å². The van der Waals surface area contributed by atoms with E-state index >= 15 is 0 Å². The van der Waals surface area contributed by atoms with E-state index in [9.17, 15) is 13.2 Å². The Bertz CT molecular complexity index is 309. The molecule has 1 aromatic heterocycles. The number of nitrogens with zero attached hydrogens (tertiary/aromatic N) is 1. The molecule has 5 heteroatoms. The maximum Gasteiger partial charge on any atom is 0.446 e. The smallest absolute Gasteiger partial charge is 0.260 e. The number of aromatic nitrogens is 1. The number of pyridine rings is 1. The van der Waals surface area contributed by atoms with Crippen molar-refractivity contribution in [3.63, 3.8) is 0 Å². The molecule has 0 aliphatic heterocycles. The van der Waals surface area contributed by atoms with Crippen molar-refractivity contribution < 1.29 is 13.2 Å². The van der Waals surface area contributed by atoms with Gasteiger partial charge >= 0.3 is 5.51 Å². The number of rotatable bonds is 1. The molecule has 1 heterocycles. The highest BCUT2D eigenvalue weighted by Gasteiger charge is 2.29. The Kier molecular flexibility index (Phi) is 2.85. The monoisotopic (exact) mass is 207 g/mol. The topological polar surface area (TPSA) is 12.9 Å². The molecule has 0 radical (unpaired) electrons. The quantitative estimate of drug-likeness (QED) is 0.655. The van der Waals surface area contributed by atoms with Gasteiger partial charge in [0, 0.05) is 16.8 Å². The number of aryl methyl sites for hydroxylation is 2. The van der Waals surface area contributed by atoms with Gasteiger partial charge in [0.2, 0.25) is 0 Å². The molecule has 0 aliphatic carbocycles. The summed E-state index contributed by atoms with van der Waals surface area (Å²) in [5.74, 6) is 0. The van der Waals surface area contributed by atoms with Gasteiger partial charge in [-0.15, -0.1) is 0 Å². The van der Waals surface area contributed by atoms with Crippen molar-refractivity contribution in [2.24, 2.45) is 0 Å². The summed E-state index contributed by atoms with van der Waals surface area (Å²) in [6, 6.07) is 1.63. The summed E-state index contributed by atoms with van der Waals surface area (Å²) in [6.45, 7) is 3.39. The first kappa shape index (κ1) is 10.4. The summed E-state index contributed by atoms with van der Waals surface area (Å²) < 4.78 is 35.9. The van der Waals surface area contributed by atoms with Crippen LogP contribution in [-0.4, -0.2) is 10.5 Å². The summed E-state index contributed by atoms with van der Waals surface area (Å²) in [7, 11) is 0. The summed E-state index contributed by atoms with van der Waals surface area (Å²) >= 11 is -0.126. The van der Waals surface area contributed by atoms with Crippen molar-refractivity contribution in [2.75, 3.05) is 0 Å². The van der Waals surface area contributed by atoms with Crippen LogP contribution in [0, 0.1) is 13.8 Å². The number of hydrogen-bond donors (Lipinski definition) is 0. The Labute approximate surface area is 78.4 Å². The van der Waals surface area contributed by atoms with E-state index in [0.29, 0.717) is 5.56 Å². The van der Waals surface area contributed by atoms with Gasteiger partial charge in [-0.3, -0.25) is 4.98 Å². The molecule has 72 valence electrons. The van der Waals surface area contributed by atoms with Crippen molar-refractivity contribution in [3.05, 3.63) is 23.5 Å². The number of alkyl halides is 3. The van der Waals surface area contributed by atoms with Gasteiger partial charge in [0.05, 0.1) is 0 Å². The van der Waals surface area contributed by atoms with Crippen molar-refractivity contribution in [1.82, 2.24) is 4.98 Å². The molecule has 0 bridgehead atoms. The largest absolute Gasteiger partial charge is 0.446 e. The first-order chi connectivity index (χ1) is 5.88. The summed E-state index contributed by atoms with van der Waals surface area (Å²) in [6.07, 6.45) is 1.25. The fraction of sp³-hybridized carbons (Fsp3) is 0.375. The molecule has 0 saturated carbocycles. The fourth-order valence-corrected chi connectivity index (χ4v) is 1.49. The number of halogens is 3. The van der Waals surface area contributed by atoms with E-state index < -0.39 is 5.51 Å². The van der Waals surface area contributed by atoms with E-state index in [1.165, 1.54) is 6.20 Å². The normalized spacial score (nSPS) is 11.8. The average Bonchev–Trinajstić information content (AvgIpc) is 1.93. The Morgan fingerprint density at radius 1 is 1.31 bits per heavy atom. The van der Waals surface area contributed by atoms with Gasteiger partial charge in [0.1, 0.15) is 0 Å². The molecular weight excluding hydrogens is 199 g/mol. The van der Waals surface area contributed by atoms with Crippen LogP contribution in [0.4, 0.5) is 13.2 Å². The zero-order chi connectivity index (χ0) is 10.1. The van der Waals surface area contributed by atoms with Gasteiger partial charge in [0.25, 0.3) is 0 Å². The van der Waals surface area contributed by atoms with Crippen molar-refractivity contribution in [1.29, 1.82) is 0 Å². The summed E-state index contributed by atoms with van der Waals surface area (Å²) in [5.41, 5.74) is -2.90. The van der Waals surface area contributed by atoms with E-state index in [-0.39, 0.29) is 16.7 Å². The standard InChI is InChI=1S/C8H8F3NS/c1-5-3-6(2)12-4-7(5)13-8(9,10)11/h3-4H,1-2H3. The Balaban J connectivity index is 2.90. The van der Waals surface area contributed by atoms with Gasteiger partial charge in [-0.1, -0.05) is 0 Å². The third kappa shape index (κ3) is 3.26. The van der Waals surface area contributed by atoms with Crippen molar-refractivity contribution in [2.45, 2.75) is 24.3 Å². The first-order valence-corrected chi connectivity index (χ1v) is 4.39. The zero-order valence-electron chi connectivity index (χ0n) is 7.14. The van der Waals surface area contributed by atoms with Crippen LogP contribution in [0.5, 0.6) is 0 Å². The molecule has 0 unspecified atom stereocenters. The van der Waals surface area contributed by atoms with Crippen LogP contribution in [0.1, 0.15) is 11.3 Å². The van der Waals surface area contributed by atoms with Crippen LogP contribution in [0.2, 0.25) is 0 Å². The Hall–Kier alpha value is -0.710. The molecule has 1 aromatic rings. The minimum absolute atomic E-state index is 0.126. The minimum Gasteiger partial charge on any atom is -0.260 e.